The molecule has 0 spiro atoms. The van der Waals surface area contributed by atoms with Crippen LogP contribution in [0.15, 0.2) is 45.8 Å². The van der Waals surface area contributed by atoms with Crippen molar-refractivity contribution < 1.29 is 18.3 Å². The average Bonchev–Trinajstić information content (AvgIpc) is 2.79. The first-order valence-corrected chi connectivity index (χ1v) is 12.5. The molecule has 33 heavy (non-hydrogen) atoms. The number of azide groups is 1. The minimum Gasteiger partial charge on any atom is -0.507 e. The number of phenolic OH excluding ortho intramolecular Hbond substituents is 1. The standard InChI is InChI=1S/C23H29N5O4S/c1-15(2)20-12-16(13-21(22(20)29)17-6-4-3-5-7-17)14-25-23(30)26-18-8-10-19(11-9-18)33(31,32)28-27-24/h8-13,15,17,29H,3-7,14H2,1-2H3,(H2,25,26,30). The van der Waals surface area contributed by atoms with Crippen LogP contribution in [0.5, 0.6) is 5.75 Å². The average molecular weight is 472 g/mol. The lowest BCUT2D eigenvalue weighted by Gasteiger charge is -2.25. The fraction of sp³-hybridized carbons (Fsp3) is 0.435. The highest BCUT2D eigenvalue weighted by Crippen LogP contribution is 2.41. The van der Waals surface area contributed by atoms with Gasteiger partial charge in [0, 0.05) is 21.7 Å². The number of hydrogen-bond donors (Lipinski definition) is 3. The first-order valence-electron chi connectivity index (χ1n) is 11.0. The number of urea groups is 1. The van der Waals surface area contributed by atoms with Crippen LogP contribution in [0.25, 0.3) is 10.4 Å². The van der Waals surface area contributed by atoms with Gasteiger partial charge in [-0.15, -0.1) is 0 Å². The molecule has 1 fully saturated rings. The summed E-state index contributed by atoms with van der Waals surface area (Å²) in [6, 6.07) is 8.82. The molecular formula is C23H29N5O4S. The summed E-state index contributed by atoms with van der Waals surface area (Å²) in [5.41, 5.74) is 11.5. The van der Waals surface area contributed by atoms with Gasteiger partial charge in [-0.3, -0.25) is 0 Å². The fourth-order valence-corrected chi connectivity index (χ4v) is 4.85. The van der Waals surface area contributed by atoms with E-state index < -0.39 is 16.1 Å². The summed E-state index contributed by atoms with van der Waals surface area (Å²) >= 11 is 0. The van der Waals surface area contributed by atoms with E-state index in [-0.39, 0.29) is 17.4 Å². The Morgan fingerprint density at radius 2 is 1.85 bits per heavy atom. The molecule has 2 aromatic carbocycles. The topological polar surface area (TPSA) is 144 Å². The number of hydrogen-bond acceptors (Lipinski definition) is 4. The monoisotopic (exact) mass is 471 g/mol. The molecule has 3 rings (SSSR count). The Labute approximate surface area is 193 Å². The largest absolute Gasteiger partial charge is 0.507 e. The van der Waals surface area contributed by atoms with Crippen LogP contribution in [-0.2, 0) is 16.6 Å². The quantitative estimate of drug-likeness (QED) is 0.263. The van der Waals surface area contributed by atoms with Gasteiger partial charge in [0.2, 0.25) is 0 Å². The van der Waals surface area contributed by atoms with E-state index in [2.05, 4.69) is 20.1 Å². The second-order valence-electron chi connectivity index (χ2n) is 8.59. The van der Waals surface area contributed by atoms with Gasteiger partial charge < -0.3 is 15.7 Å². The zero-order valence-corrected chi connectivity index (χ0v) is 19.6. The summed E-state index contributed by atoms with van der Waals surface area (Å²) in [5, 5.41) is 16.3. The molecule has 0 bridgehead atoms. The predicted octanol–water partition coefficient (Wildman–Crippen LogP) is 5.88. The number of rotatable bonds is 7. The Bertz CT molecular complexity index is 1150. The molecule has 176 valence electrons. The third kappa shape index (κ3) is 6.18. The second kappa shape index (κ2) is 10.6. The molecule has 0 aliphatic heterocycles. The van der Waals surface area contributed by atoms with Crippen molar-refractivity contribution in [2.75, 3.05) is 5.32 Å². The zero-order chi connectivity index (χ0) is 24.0. The highest BCUT2D eigenvalue weighted by Gasteiger charge is 2.22. The van der Waals surface area contributed by atoms with Crippen molar-refractivity contribution in [1.29, 1.82) is 0 Å². The number of anilines is 1. The summed E-state index contributed by atoms with van der Waals surface area (Å²) in [4.78, 5) is 14.5. The van der Waals surface area contributed by atoms with Crippen LogP contribution in [0, 0.1) is 0 Å². The van der Waals surface area contributed by atoms with Crippen LogP contribution in [0.1, 0.15) is 74.5 Å². The van der Waals surface area contributed by atoms with Crippen molar-refractivity contribution in [2.24, 2.45) is 4.52 Å². The first-order chi connectivity index (χ1) is 15.7. The maximum atomic E-state index is 12.4. The third-order valence-electron chi connectivity index (χ3n) is 5.90. The Hall–Kier alpha value is -3.23. The molecule has 0 heterocycles. The van der Waals surface area contributed by atoms with Gasteiger partial charge in [-0.05, 0) is 71.2 Å². The van der Waals surface area contributed by atoms with E-state index in [9.17, 15) is 18.3 Å². The predicted molar refractivity (Wildman–Crippen MR) is 127 cm³/mol. The molecule has 2 aromatic rings. The summed E-state index contributed by atoms with van der Waals surface area (Å²) in [6.45, 7) is 4.36. The number of carbonyl (C=O) groups excluding carboxylic acids is 1. The number of aromatic hydroxyl groups is 1. The van der Waals surface area contributed by atoms with Crippen molar-refractivity contribution in [3.8, 4) is 5.75 Å². The second-order valence-corrected chi connectivity index (χ2v) is 10.2. The molecule has 1 aliphatic carbocycles. The van der Waals surface area contributed by atoms with Gasteiger partial charge >= 0.3 is 6.03 Å². The van der Waals surface area contributed by atoms with Crippen LogP contribution in [0.4, 0.5) is 10.5 Å². The van der Waals surface area contributed by atoms with Crippen LogP contribution in [-0.4, -0.2) is 19.6 Å². The smallest absolute Gasteiger partial charge is 0.319 e. The molecule has 1 saturated carbocycles. The fourth-order valence-electron chi connectivity index (χ4n) is 4.17. The van der Waals surface area contributed by atoms with E-state index >= 15 is 0 Å². The Morgan fingerprint density at radius 3 is 2.45 bits per heavy atom. The molecule has 1 aliphatic rings. The van der Waals surface area contributed by atoms with E-state index in [1.54, 1.807) is 0 Å². The first kappa shape index (κ1) is 24.4. The van der Waals surface area contributed by atoms with Crippen molar-refractivity contribution in [2.45, 2.75) is 69.2 Å². The van der Waals surface area contributed by atoms with Crippen molar-refractivity contribution in [3.63, 3.8) is 0 Å². The van der Waals surface area contributed by atoms with E-state index in [4.69, 9.17) is 5.53 Å². The Balaban J connectivity index is 1.69. The molecule has 2 amide bonds. The van der Waals surface area contributed by atoms with Gasteiger partial charge in [0.1, 0.15) is 5.75 Å². The molecule has 10 heteroatoms. The number of carbonyl (C=O) groups is 1. The Morgan fingerprint density at radius 1 is 1.18 bits per heavy atom. The number of nitrogens with one attached hydrogen (secondary N) is 2. The van der Waals surface area contributed by atoms with E-state index in [0.29, 0.717) is 17.4 Å². The van der Waals surface area contributed by atoms with E-state index in [1.165, 1.54) is 30.7 Å². The van der Waals surface area contributed by atoms with Crippen molar-refractivity contribution in [3.05, 3.63) is 63.5 Å². The lowest BCUT2D eigenvalue weighted by atomic mass is 9.81. The number of sulfonamides is 1. The number of benzene rings is 2. The normalized spacial score (nSPS) is 14.5. The summed E-state index contributed by atoms with van der Waals surface area (Å²) in [5.74, 6) is 0.868. The summed E-state index contributed by atoms with van der Waals surface area (Å²) in [7, 11) is -4.07. The van der Waals surface area contributed by atoms with Gasteiger partial charge in [-0.1, -0.05) is 45.2 Å². The van der Waals surface area contributed by atoms with Crippen LogP contribution < -0.4 is 10.6 Å². The number of nitrogens with zero attached hydrogens (tertiary/aromatic N) is 3. The molecule has 3 N–H and O–H groups in total. The maximum Gasteiger partial charge on any atom is 0.319 e. The lowest BCUT2D eigenvalue weighted by molar-refractivity contribution is 0.251. The SMILES string of the molecule is CC(C)c1cc(CNC(=O)Nc2ccc(S(=O)(=O)N=[N+]=[N-])cc2)cc(C2CCCCC2)c1O. The highest BCUT2D eigenvalue weighted by molar-refractivity contribution is 7.90. The number of amides is 2. The van der Waals surface area contributed by atoms with Gasteiger partial charge in [0.05, 0.1) is 4.90 Å². The molecule has 0 radical (unpaired) electrons. The minimum absolute atomic E-state index is 0.154. The van der Waals surface area contributed by atoms with Crippen molar-refractivity contribution in [1.82, 2.24) is 5.32 Å². The van der Waals surface area contributed by atoms with Crippen LogP contribution in [0.2, 0.25) is 0 Å². The Kier molecular flexibility index (Phi) is 7.84. The van der Waals surface area contributed by atoms with Gasteiger partial charge in [-0.25, -0.2) is 13.2 Å². The van der Waals surface area contributed by atoms with Crippen LogP contribution in [0.3, 0.4) is 0 Å². The van der Waals surface area contributed by atoms with Gasteiger partial charge in [0.25, 0.3) is 10.0 Å². The van der Waals surface area contributed by atoms with Gasteiger partial charge in [0.15, 0.2) is 0 Å². The third-order valence-corrected chi connectivity index (χ3v) is 7.06. The van der Waals surface area contributed by atoms with Gasteiger partial charge in [-0.2, -0.15) is 0 Å². The molecular weight excluding hydrogens is 442 g/mol. The lowest BCUT2D eigenvalue weighted by Crippen LogP contribution is -2.28. The molecule has 0 aromatic heterocycles. The zero-order valence-electron chi connectivity index (χ0n) is 18.8. The molecule has 0 saturated heterocycles. The van der Waals surface area contributed by atoms with E-state index in [1.807, 2.05) is 26.0 Å². The summed E-state index contributed by atoms with van der Waals surface area (Å²) < 4.78 is 26.2. The molecule has 9 nitrogen and oxygen atoms in total. The molecule has 0 atom stereocenters. The number of phenols is 1. The summed E-state index contributed by atoms with van der Waals surface area (Å²) in [6.07, 6.45) is 5.68. The molecule has 0 unspecified atom stereocenters. The van der Waals surface area contributed by atoms with Crippen molar-refractivity contribution >= 4 is 21.7 Å². The van der Waals surface area contributed by atoms with E-state index in [0.717, 1.165) is 42.4 Å². The van der Waals surface area contributed by atoms with Crippen LogP contribution >= 0.6 is 0 Å². The highest BCUT2D eigenvalue weighted by atomic mass is 32.2. The maximum absolute atomic E-state index is 12.4. The minimum atomic E-state index is -4.07.